The number of nitrogens with one attached hydrogen (secondary N) is 1. The number of amides is 1. The highest BCUT2D eigenvalue weighted by atomic mass is 16.5. The van der Waals surface area contributed by atoms with Crippen LogP contribution in [0.25, 0.3) is 0 Å². The van der Waals surface area contributed by atoms with Crippen molar-refractivity contribution < 1.29 is 9.53 Å². The fourth-order valence-corrected chi connectivity index (χ4v) is 2.78. The number of aromatic nitrogens is 1. The van der Waals surface area contributed by atoms with E-state index in [1.54, 1.807) is 19.4 Å². The molecule has 0 aliphatic carbocycles. The SMILES string of the molecule is COc1ccc(Cn2cc(C(=O)Nc3cc(C)ccc3C)ccc2=O)cc1. The van der Waals surface area contributed by atoms with Crippen LogP contribution in [0.4, 0.5) is 5.69 Å². The van der Waals surface area contributed by atoms with Crippen LogP contribution in [0.1, 0.15) is 27.0 Å². The Hall–Kier alpha value is -3.34. The van der Waals surface area contributed by atoms with E-state index >= 15 is 0 Å². The standard InChI is InChI=1S/C22H22N2O3/c1-15-4-5-16(2)20(12-15)23-22(26)18-8-11-21(25)24(14-18)13-17-6-9-19(27-3)10-7-17/h4-12,14H,13H2,1-3H3,(H,23,26). The number of carbonyl (C=O) groups is 1. The normalized spacial score (nSPS) is 10.5. The zero-order valence-corrected chi connectivity index (χ0v) is 15.7. The fourth-order valence-electron chi connectivity index (χ4n) is 2.78. The summed E-state index contributed by atoms with van der Waals surface area (Å²) >= 11 is 0. The summed E-state index contributed by atoms with van der Waals surface area (Å²) < 4.78 is 6.67. The van der Waals surface area contributed by atoms with Gasteiger partial charge in [0.15, 0.2) is 0 Å². The Kier molecular flexibility index (Phi) is 5.41. The van der Waals surface area contributed by atoms with Gasteiger partial charge in [-0.25, -0.2) is 0 Å². The predicted molar refractivity (Wildman–Crippen MR) is 107 cm³/mol. The Labute approximate surface area is 158 Å². The summed E-state index contributed by atoms with van der Waals surface area (Å²) in [4.78, 5) is 24.8. The van der Waals surface area contributed by atoms with Gasteiger partial charge in [-0.2, -0.15) is 0 Å². The lowest BCUT2D eigenvalue weighted by Gasteiger charge is -2.11. The monoisotopic (exact) mass is 362 g/mol. The number of benzene rings is 2. The van der Waals surface area contributed by atoms with Gasteiger partial charge in [-0.15, -0.1) is 0 Å². The molecule has 0 atom stereocenters. The number of hydrogen-bond acceptors (Lipinski definition) is 3. The van der Waals surface area contributed by atoms with Crippen molar-refractivity contribution >= 4 is 11.6 Å². The van der Waals surface area contributed by atoms with Crippen molar-refractivity contribution in [3.05, 3.63) is 93.4 Å². The first-order valence-corrected chi connectivity index (χ1v) is 8.68. The number of pyridine rings is 1. The van der Waals surface area contributed by atoms with E-state index in [4.69, 9.17) is 4.74 Å². The Morgan fingerprint density at radius 3 is 2.48 bits per heavy atom. The van der Waals surface area contributed by atoms with Gasteiger partial charge >= 0.3 is 0 Å². The minimum Gasteiger partial charge on any atom is -0.497 e. The van der Waals surface area contributed by atoms with Gasteiger partial charge in [-0.05, 0) is 54.8 Å². The molecule has 0 aliphatic heterocycles. The average Bonchev–Trinajstić information content (AvgIpc) is 2.67. The van der Waals surface area contributed by atoms with Crippen LogP contribution in [-0.2, 0) is 6.54 Å². The molecular weight excluding hydrogens is 340 g/mol. The first kappa shape index (κ1) is 18.5. The van der Waals surface area contributed by atoms with Crippen LogP contribution in [0.2, 0.25) is 0 Å². The largest absolute Gasteiger partial charge is 0.497 e. The molecule has 0 radical (unpaired) electrons. The average molecular weight is 362 g/mol. The second kappa shape index (κ2) is 7.91. The molecule has 1 heterocycles. The van der Waals surface area contributed by atoms with Gasteiger partial charge in [-0.3, -0.25) is 9.59 Å². The van der Waals surface area contributed by atoms with Gasteiger partial charge in [0.2, 0.25) is 0 Å². The highest BCUT2D eigenvalue weighted by Gasteiger charge is 2.10. The Balaban J connectivity index is 1.82. The molecule has 0 unspecified atom stereocenters. The molecular formula is C22H22N2O3. The van der Waals surface area contributed by atoms with E-state index in [-0.39, 0.29) is 11.5 Å². The third-order valence-corrected chi connectivity index (χ3v) is 4.40. The summed E-state index contributed by atoms with van der Waals surface area (Å²) in [5.74, 6) is 0.514. The topological polar surface area (TPSA) is 60.3 Å². The zero-order chi connectivity index (χ0) is 19.4. The van der Waals surface area contributed by atoms with E-state index < -0.39 is 0 Å². The summed E-state index contributed by atoms with van der Waals surface area (Å²) in [5.41, 5.74) is 4.05. The van der Waals surface area contributed by atoms with Crippen molar-refractivity contribution in [2.24, 2.45) is 0 Å². The van der Waals surface area contributed by atoms with Gasteiger partial charge in [0.05, 0.1) is 19.2 Å². The first-order chi connectivity index (χ1) is 13.0. The van der Waals surface area contributed by atoms with Crippen LogP contribution in [0.3, 0.4) is 0 Å². The number of aryl methyl sites for hydroxylation is 2. The lowest BCUT2D eigenvalue weighted by Crippen LogP contribution is -2.22. The number of nitrogens with zero attached hydrogens (tertiary/aromatic N) is 1. The van der Waals surface area contributed by atoms with Crippen molar-refractivity contribution in [2.75, 3.05) is 12.4 Å². The summed E-state index contributed by atoms with van der Waals surface area (Å²) in [6.45, 7) is 4.30. The molecule has 27 heavy (non-hydrogen) atoms. The fraction of sp³-hybridized carbons (Fsp3) is 0.182. The number of methoxy groups -OCH3 is 1. The quantitative estimate of drug-likeness (QED) is 0.751. The van der Waals surface area contributed by atoms with E-state index in [1.807, 2.05) is 56.3 Å². The molecule has 3 aromatic rings. The highest BCUT2D eigenvalue weighted by molar-refractivity contribution is 6.04. The molecule has 3 rings (SSSR count). The van der Waals surface area contributed by atoms with E-state index in [2.05, 4.69) is 5.32 Å². The van der Waals surface area contributed by atoms with E-state index in [0.717, 1.165) is 28.1 Å². The Morgan fingerprint density at radius 1 is 1.04 bits per heavy atom. The number of rotatable bonds is 5. The summed E-state index contributed by atoms with van der Waals surface area (Å²) in [6, 6.07) is 16.3. The van der Waals surface area contributed by atoms with Crippen molar-refractivity contribution in [2.45, 2.75) is 20.4 Å². The molecule has 5 heteroatoms. The maximum absolute atomic E-state index is 12.6. The third-order valence-electron chi connectivity index (χ3n) is 4.40. The summed E-state index contributed by atoms with van der Waals surface area (Å²) in [6.07, 6.45) is 1.59. The third kappa shape index (κ3) is 4.44. The molecule has 0 saturated carbocycles. The van der Waals surface area contributed by atoms with Crippen LogP contribution in [0, 0.1) is 13.8 Å². The van der Waals surface area contributed by atoms with Crippen LogP contribution >= 0.6 is 0 Å². The van der Waals surface area contributed by atoms with Crippen molar-refractivity contribution in [1.29, 1.82) is 0 Å². The molecule has 1 N–H and O–H groups in total. The summed E-state index contributed by atoms with van der Waals surface area (Å²) in [7, 11) is 1.61. The molecule has 0 fully saturated rings. The molecule has 2 aromatic carbocycles. The van der Waals surface area contributed by atoms with Gasteiger partial charge in [0.1, 0.15) is 5.75 Å². The van der Waals surface area contributed by atoms with Gasteiger partial charge in [-0.1, -0.05) is 24.3 Å². The molecule has 0 aliphatic rings. The lowest BCUT2D eigenvalue weighted by molar-refractivity contribution is 0.102. The molecule has 5 nitrogen and oxygen atoms in total. The van der Waals surface area contributed by atoms with Crippen LogP contribution in [-0.4, -0.2) is 17.6 Å². The minimum atomic E-state index is -0.243. The first-order valence-electron chi connectivity index (χ1n) is 8.68. The molecule has 138 valence electrons. The highest BCUT2D eigenvalue weighted by Crippen LogP contribution is 2.17. The van der Waals surface area contributed by atoms with Crippen molar-refractivity contribution in [3.8, 4) is 5.75 Å². The summed E-state index contributed by atoms with van der Waals surface area (Å²) in [5, 5.41) is 2.92. The van der Waals surface area contributed by atoms with Gasteiger partial charge in [0, 0.05) is 18.0 Å². The number of carbonyl (C=O) groups excluding carboxylic acids is 1. The van der Waals surface area contributed by atoms with Crippen LogP contribution in [0.5, 0.6) is 5.75 Å². The second-order valence-electron chi connectivity index (χ2n) is 6.50. The second-order valence-corrected chi connectivity index (χ2v) is 6.50. The maximum atomic E-state index is 12.6. The molecule has 0 spiro atoms. The van der Waals surface area contributed by atoms with Crippen molar-refractivity contribution in [1.82, 2.24) is 4.57 Å². The van der Waals surface area contributed by atoms with Crippen LogP contribution < -0.4 is 15.6 Å². The maximum Gasteiger partial charge on any atom is 0.257 e. The Morgan fingerprint density at radius 2 is 1.78 bits per heavy atom. The van der Waals surface area contributed by atoms with Gasteiger partial charge < -0.3 is 14.6 Å². The predicted octanol–water partition coefficient (Wildman–Crippen LogP) is 3.77. The molecule has 1 aromatic heterocycles. The minimum absolute atomic E-state index is 0.158. The lowest BCUT2D eigenvalue weighted by atomic mass is 10.1. The van der Waals surface area contributed by atoms with Gasteiger partial charge in [0.25, 0.3) is 11.5 Å². The van der Waals surface area contributed by atoms with Crippen LogP contribution in [0.15, 0.2) is 65.6 Å². The number of ether oxygens (including phenoxy) is 1. The van der Waals surface area contributed by atoms with Crippen molar-refractivity contribution in [3.63, 3.8) is 0 Å². The number of hydrogen-bond donors (Lipinski definition) is 1. The molecule has 0 saturated heterocycles. The van der Waals surface area contributed by atoms with E-state index in [0.29, 0.717) is 12.1 Å². The zero-order valence-electron chi connectivity index (χ0n) is 15.7. The smallest absolute Gasteiger partial charge is 0.257 e. The Bertz CT molecular complexity index is 1020. The van der Waals surface area contributed by atoms with E-state index in [1.165, 1.54) is 10.6 Å². The molecule has 1 amide bonds. The number of anilines is 1. The molecule has 0 bridgehead atoms. The van der Waals surface area contributed by atoms with E-state index in [9.17, 15) is 9.59 Å².